The molecule has 10 unspecified atom stereocenters. The maximum absolute atomic E-state index is 2.77. The highest BCUT2D eigenvalue weighted by atomic mass is 14.6. The van der Waals surface area contributed by atoms with E-state index in [1.165, 1.54) is 0 Å². The number of fused-ring (bicyclic) bond motifs is 6. The number of hydrogen-bond acceptors (Lipinski definition) is 0. The third kappa shape index (κ3) is 3.36. The summed E-state index contributed by atoms with van der Waals surface area (Å²) in [5, 5.41) is 0. The molecule has 6 saturated carbocycles. The van der Waals surface area contributed by atoms with Crippen molar-refractivity contribution in [3.05, 3.63) is 0 Å². The lowest BCUT2D eigenvalue weighted by Gasteiger charge is -2.48. The third-order valence-corrected chi connectivity index (χ3v) is 12.7. The van der Waals surface area contributed by atoms with Crippen molar-refractivity contribution < 1.29 is 0 Å². The molecule has 0 bridgehead atoms. The summed E-state index contributed by atoms with van der Waals surface area (Å²) >= 11 is 0. The molecule has 6 aliphatic rings. The Bertz CT molecular complexity index is 603. The average molecular weight is 411 g/mol. The van der Waals surface area contributed by atoms with Crippen LogP contribution < -0.4 is 0 Å². The molecule has 6 fully saturated rings. The molecule has 0 radical (unpaired) electrons. The van der Waals surface area contributed by atoms with Crippen LogP contribution in [0.1, 0.15) is 123 Å². The molecule has 170 valence electrons. The van der Waals surface area contributed by atoms with Gasteiger partial charge in [-0.25, -0.2) is 0 Å². The first-order chi connectivity index (χ1) is 14.6. The summed E-state index contributed by atoms with van der Waals surface area (Å²) in [5.74, 6) is 11.1. The molecule has 0 heterocycles. The number of hydrogen-bond donors (Lipinski definition) is 0. The topological polar surface area (TPSA) is 0 Å². The van der Waals surface area contributed by atoms with Gasteiger partial charge in [-0.2, -0.15) is 0 Å². The second-order valence-corrected chi connectivity index (χ2v) is 13.9. The fraction of sp³-hybridized carbons (Fsp3) is 1.00. The first-order valence-corrected chi connectivity index (χ1v) is 14.6. The van der Waals surface area contributed by atoms with Crippen LogP contribution in [0.3, 0.4) is 0 Å². The molecule has 0 aromatic rings. The minimum atomic E-state index is 0.608. The van der Waals surface area contributed by atoms with Crippen molar-refractivity contribution in [1.29, 1.82) is 0 Å². The maximum atomic E-state index is 2.77. The second kappa shape index (κ2) is 8.09. The molecule has 0 N–H and O–H groups in total. The lowest BCUT2D eigenvalue weighted by atomic mass is 9.57. The van der Waals surface area contributed by atoms with Gasteiger partial charge in [0.15, 0.2) is 0 Å². The van der Waals surface area contributed by atoms with E-state index in [1.807, 2.05) is 0 Å². The molecule has 10 atom stereocenters. The molecule has 0 heteroatoms. The molecule has 0 aliphatic heterocycles. The predicted octanol–water partition coefficient (Wildman–Crippen LogP) is 8.89. The summed E-state index contributed by atoms with van der Waals surface area (Å²) < 4.78 is 0. The van der Waals surface area contributed by atoms with Crippen molar-refractivity contribution in [2.45, 2.75) is 123 Å². The van der Waals surface area contributed by atoms with E-state index >= 15 is 0 Å². The quantitative estimate of drug-likeness (QED) is 0.426. The Morgan fingerprint density at radius 3 is 1.83 bits per heavy atom. The highest BCUT2D eigenvalue weighted by Crippen LogP contribution is 2.63. The van der Waals surface area contributed by atoms with Gasteiger partial charge >= 0.3 is 0 Å². The summed E-state index contributed by atoms with van der Waals surface area (Å²) in [6.45, 7) is 5.53. The van der Waals surface area contributed by atoms with Crippen molar-refractivity contribution >= 4 is 0 Å². The van der Waals surface area contributed by atoms with E-state index in [-0.39, 0.29) is 0 Å². The summed E-state index contributed by atoms with van der Waals surface area (Å²) in [6, 6.07) is 0. The average Bonchev–Trinajstić information content (AvgIpc) is 3.36. The second-order valence-electron chi connectivity index (χ2n) is 13.9. The van der Waals surface area contributed by atoms with Gasteiger partial charge in [-0.15, -0.1) is 0 Å². The lowest BCUT2D eigenvalue weighted by molar-refractivity contribution is 0.0101. The molecule has 0 spiro atoms. The highest BCUT2D eigenvalue weighted by molar-refractivity contribution is 5.04. The minimum absolute atomic E-state index is 0.608. The van der Waals surface area contributed by atoms with Crippen LogP contribution >= 0.6 is 0 Å². The van der Waals surface area contributed by atoms with Crippen LogP contribution in [0.5, 0.6) is 0 Å². The van der Waals surface area contributed by atoms with Crippen LogP contribution in [0.2, 0.25) is 0 Å². The van der Waals surface area contributed by atoms with Gasteiger partial charge < -0.3 is 0 Å². The summed E-state index contributed by atoms with van der Waals surface area (Å²) in [7, 11) is 0. The van der Waals surface area contributed by atoms with Gasteiger partial charge in [0.2, 0.25) is 0 Å². The molecular formula is C30H50. The molecule has 0 aromatic carbocycles. The van der Waals surface area contributed by atoms with Crippen LogP contribution in [0.4, 0.5) is 0 Å². The zero-order valence-electron chi connectivity index (χ0n) is 20.3. The largest absolute Gasteiger partial charge is 0.0594 e. The van der Waals surface area contributed by atoms with Crippen molar-refractivity contribution in [3.8, 4) is 0 Å². The Kier molecular flexibility index (Phi) is 5.56. The van der Waals surface area contributed by atoms with Crippen LogP contribution in [0.15, 0.2) is 0 Å². The van der Waals surface area contributed by atoms with Gasteiger partial charge in [-0.05, 0) is 116 Å². The van der Waals surface area contributed by atoms with E-state index in [2.05, 4.69) is 13.8 Å². The van der Waals surface area contributed by atoms with Gasteiger partial charge in [-0.1, -0.05) is 71.6 Å². The molecular weight excluding hydrogens is 360 g/mol. The van der Waals surface area contributed by atoms with Crippen LogP contribution in [-0.4, -0.2) is 0 Å². The Balaban J connectivity index is 1.18. The van der Waals surface area contributed by atoms with Gasteiger partial charge in [0.05, 0.1) is 0 Å². The van der Waals surface area contributed by atoms with Crippen LogP contribution in [0.25, 0.3) is 0 Å². The van der Waals surface area contributed by atoms with E-state index in [4.69, 9.17) is 0 Å². The summed E-state index contributed by atoms with van der Waals surface area (Å²) in [5.41, 5.74) is 0.608. The van der Waals surface area contributed by atoms with E-state index < -0.39 is 0 Å². The Morgan fingerprint density at radius 1 is 0.433 bits per heavy atom. The zero-order chi connectivity index (χ0) is 20.3. The van der Waals surface area contributed by atoms with Gasteiger partial charge in [-0.3, -0.25) is 0 Å². The third-order valence-electron chi connectivity index (χ3n) is 12.7. The standard InChI is InChI=1S/C30H50/c1-30(2,29-17-16-26-24-12-5-4-9-21(24)14-15-27(26)29)23-18-22-11-7-10-20-8-3-6-13-25(20)28(22)19-23/h20-29H,3-19H2,1-2H3. The maximum Gasteiger partial charge on any atom is -0.0295 e. The molecule has 0 aromatic heterocycles. The molecule has 0 amide bonds. The zero-order valence-corrected chi connectivity index (χ0v) is 20.3. The van der Waals surface area contributed by atoms with Crippen molar-refractivity contribution in [1.82, 2.24) is 0 Å². The SMILES string of the molecule is CC(C)(C1CC2CCCC3CCCCC3C2C1)C1CCC2C3CCCCC3CCC21. The number of rotatable bonds is 2. The normalized spacial score (nSPS) is 51.4. The first-order valence-electron chi connectivity index (χ1n) is 14.6. The molecule has 0 nitrogen and oxygen atoms in total. The predicted molar refractivity (Wildman–Crippen MR) is 127 cm³/mol. The fourth-order valence-electron chi connectivity index (χ4n) is 11.3. The molecule has 0 saturated heterocycles. The monoisotopic (exact) mass is 410 g/mol. The Hall–Kier alpha value is 0. The molecule has 6 rings (SSSR count). The van der Waals surface area contributed by atoms with Crippen LogP contribution in [0, 0.1) is 64.6 Å². The van der Waals surface area contributed by atoms with E-state index in [9.17, 15) is 0 Å². The van der Waals surface area contributed by atoms with E-state index in [0.717, 1.165) is 59.2 Å². The first kappa shape index (κ1) is 20.6. The lowest BCUT2D eigenvalue weighted by Crippen LogP contribution is -2.40. The van der Waals surface area contributed by atoms with Gasteiger partial charge in [0.1, 0.15) is 0 Å². The van der Waals surface area contributed by atoms with E-state index in [1.54, 1.807) is 109 Å². The molecule has 6 aliphatic carbocycles. The van der Waals surface area contributed by atoms with Crippen molar-refractivity contribution in [3.63, 3.8) is 0 Å². The van der Waals surface area contributed by atoms with Gasteiger partial charge in [0, 0.05) is 0 Å². The highest BCUT2D eigenvalue weighted by Gasteiger charge is 2.55. The van der Waals surface area contributed by atoms with Crippen molar-refractivity contribution in [2.75, 3.05) is 0 Å². The van der Waals surface area contributed by atoms with Crippen LogP contribution in [-0.2, 0) is 0 Å². The Morgan fingerprint density at radius 2 is 1.03 bits per heavy atom. The molecule has 30 heavy (non-hydrogen) atoms. The summed E-state index contributed by atoms with van der Waals surface area (Å²) in [6.07, 6.45) is 26.9. The Labute approximate surface area is 187 Å². The van der Waals surface area contributed by atoms with Gasteiger partial charge in [0.25, 0.3) is 0 Å². The smallest absolute Gasteiger partial charge is 0.0295 e. The van der Waals surface area contributed by atoms with E-state index in [0.29, 0.717) is 5.41 Å². The summed E-state index contributed by atoms with van der Waals surface area (Å²) in [4.78, 5) is 0. The minimum Gasteiger partial charge on any atom is -0.0594 e. The fourth-order valence-corrected chi connectivity index (χ4v) is 11.3. The van der Waals surface area contributed by atoms with Crippen molar-refractivity contribution in [2.24, 2.45) is 64.6 Å².